The smallest absolute Gasteiger partial charge is 0.347 e. The van der Waals surface area contributed by atoms with Gasteiger partial charge in [0.05, 0.1) is 0 Å². The molecule has 2 heterocycles. The summed E-state index contributed by atoms with van der Waals surface area (Å²) < 4.78 is 26.6. The molecule has 0 fully saturated rings. The first-order valence-electron chi connectivity index (χ1n) is 5.14. The van der Waals surface area contributed by atoms with Gasteiger partial charge >= 0.3 is 5.97 Å². The number of aromatic nitrogens is 2. The van der Waals surface area contributed by atoms with Crippen LogP contribution in [0.15, 0.2) is 22.4 Å². The van der Waals surface area contributed by atoms with E-state index in [1.165, 1.54) is 24.4 Å². The van der Waals surface area contributed by atoms with Gasteiger partial charge in [-0.1, -0.05) is 11.6 Å². The molecule has 0 bridgehead atoms. The van der Waals surface area contributed by atoms with Gasteiger partial charge < -0.3 is 5.11 Å². The lowest BCUT2D eigenvalue weighted by Crippen LogP contribution is -2.17. The summed E-state index contributed by atoms with van der Waals surface area (Å²) in [4.78, 5) is 10.5. The molecule has 106 valence electrons. The summed E-state index contributed by atoms with van der Waals surface area (Å²) in [5.41, 5.74) is 0.349. The molecule has 0 saturated heterocycles. The van der Waals surface area contributed by atoms with E-state index in [0.29, 0.717) is 5.56 Å². The third-order valence-electron chi connectivity index (χ3n) is 2.25. The van der Waals surface area contributed by atoms with E-state index in [1.807, 2.05) is 0 Å². The zero-order valence-electron chi connectivity index (χ0n) is 9.99. The second-order valence-electron chi connectivity index (χ2n) is 3.73. The Kier molecular flexibility index (Phi) is 3.93. The summed E-state index contributed by atoms with van der Waals surface area (Å²) in [6.45, 7) is 1.52. The molecule has 7 nitrogen and oxygen atoms in total. The number of halogens is 1. The minimum Gasteiger partial charge on any atom is -0.477 e. The Labute approximate surface area is 123 Å². The third kappa shape index (κ3) is 2.89. The van der Waals surface area contributed by atoms with Gasteiger partial charge in [0, 0.05) is 0 Å². The van der Waals surface area contributed by atoms with Crippen molar-refractivity contribution in [2.45, 2.75) is 11.8 Å². The molecule has 0 aromatic carbocycles. The molecule has 20 heavy (non-hydrogen) atoms. The Hall–Kier alpha value is -1.71. The number of carbonyl (C=O) groups is 1. The number of sulfonamides is 1. The van der Waals surface area contributed by atoms with Gasteiger partial charge in [-0.2, -0.15) is 0 Å². The Morgan fingerprint density at radius 3 is 2.65 bits per heavy atom. The molecule has 0 atom stereocenters. The number of rotatable bonds is 4. The average molecular weight is 334 g/mol. The highest BCUT2D eigenvalue weighted by molar-refractivity contribution is 7.93. The van der Waals surface area contributed by atoms with Crippen LogP contribution in [0.3, 0.4) is 0 Å². The fourth-order valence-electron chi connectivity index (χ4n) is 1.47. The number of nitrogens with zero attached hydrogens (tertiary/aromatic N) is 2. The van der Waals surface area contributed by atoms with Crippen molar-refractivity contribution >= 4 is 44.7 Å². The fraction of sp³-hybridized carbons (Fsp3) is 0.100. The highest BCUT2D eigenvalue weighted by atomic mass is 35.5. The third-order valence-corrected chi connectivity index (χ3v) is 5.21. The SMILES string of the molecule is Cc1csc(C(=O)O)c1S(=O)(=O)Nc1ccc(Cl)nn1. The lowest BCUT2D eigenvalue weighted by molar-refractivity contribution is 0.0698. The quantitative estimate of drug-likeness (QED) is 0.885. The number of carboxylic acids is 1. The number of thiophene rings is 1. The van der Waals surface area contributed by atoms with Gasteiger partial charge in [-0.15, -0.1) is 21.5 Å². The van der Waals surface area contributed by atoms with E-state index in [2.05, 4.69) is 14.9 Å². The summed E-state index contributed by atoms with van der Waals surface area (Å²) in [6, 6.07) is 2.69. The predicted molar refractivity (Wildman–Crippen MR) is 73.9 cm³/mol. The van der Waals surface area contributed by atoms with E-state index in [4.69, 9.17) is 16.7 Å². The van der Waals surface area contributed by atoms with Crippen molar-refractivity contribution in [1.82, 2.24) is 10.2 Å². The Morgan fingerprint density at radius 2 is 2.10 bits per heavy atom. The van der Waals surface area contributed by atoms with Crippen LogP contribution in [0.4, 0.5) is 5.82 Å². The lowest BCUT2D eigenvalue weighted by Gasteiger charge is -2.07. The van der Waals surface area contributed by atoms with E-state index in [0.717, 1.165) is 11.3 Å². The zero-order chi connectivity index (χ0) is 14.9. The maximum Gasteiger partial charge on any atom is 0.347 e. The highest BCUT2D eigenvalue weighted by Gasteiger charge is 2.27. The molecule has 0 aliphatic heterocycles. The number of nitrogens with one attached hydrogen (secondary N) is 1. The molecule has 0 radical (unpaired) electrons. The van der Waals surface area contributed by atoms with Crippen molar-refractivity contribution in [2.24, 2.45) is 0 Å². The van der Waals surface area contributed by atoms with Gasteiger partial charge in [0.15, 0.2) is 11.0 Å². The van der Waals surface area contributed by atoms with E-state index < -0.39 is 16.0 Å². The van der Waals surface area contributed by atoms with Crippen LogP contribution in [-0.4, -0.2) is 29.7 Å². The number of hydrogen-bond donors (Lipinski definition) is 2. The Balaban J connectivity index is 2.43. The minimum absolute atomic E-state index is 0.0451. The van der Waals surface area contributed by atoms with Crippen LogP contribution >= 0.6 is 22.9 Å². The lowest BCUT2D eigenvalue weighted by atomic mass is 10.3. The molecule has 10 heteroatoms. The molecule has 0 saturated carbocycles. The average Bonchev–Trinajstić information content (AvgIpc) is 2.75. The van der Waals surface area contributed by atoms with Crippen molar-refractivity contribution in [3.05, 3.63) is 33.1 Å². The van der Waals surface area contributed by atoms with Crippen LogP contribution in [0.25, 0.3) is 0 Å². The molecular weight excluding hydrogens is 326 g/mol. The van der Waals surface area contributed by atoms with Crippen LogP contribution in [0.5, 0.6) is 0 Å². The van der Waals surface area contributed by atoms with Crippen LogP contribution < -0.4 is 4.72 Å². The molecule has 0 amide bonds. The van der Waals surface area contributed by atoms with Crippen molar-refractivity contribution in [2.75, 3.05) is 4.72 Å². The topological polar surface area (TPSA) is 109 Å². The first-order chi connectivity index (χ1) is 9.31. The zero-order valence-corrected chi connectivity index (χ0v) is 12.4. The van der Waals surface area contributed by atoms with Gasteiger partial charge in [-0.05, 0) is 30.0 Å². The molecule has 0 aliphatic carbocycles. The van der Waals surface area contributed by atoms with Crippen LogP contribution in [-0.2, 0) is 10.0 Å². The van der Waals surface area contributed by atoms with Gasteiger partial charge in [-0.3, -0.25) is 4.72 Å². The van der Waals surface area contributed by atoms with E-state index in [1.54, 1.807) is 0 Å². The Bertz CT molecular complexity index is 755. The van der Waals surface area contributed by atoms with Crippen LogP contribution in [0, 0.1) is 6.92 Å². The van der Waals surface area contributed by atoms with Crippen molar-refractivity contribution < 1.29 is 18.3 Å². The first kappa shape index (κ1) is 14.7. The summed E-state index contributed by atoms with van der Waals surface area (Å²) >= 11 is 6.40. The molecule has 0 spiro atoms. The molecule has 2 N–H and O–H groups in total. The molecule has 0 aliphatic rings. The first-order valence-corrected chi connectivity index (χ1v) is 7.89. The molecule has 2 aromatic heterocycles. The second-order valence-corrected chi connectivity index (χ2v) is 6.62. The molecule has 2 aromatic rings. The van der Waals surface area contributed by atoms with Gasteiger partial charge in [-0.25, -0.2) is 13.2 Å². The van der Waals surface area contributed by atoms with Crippen molar-refractivity contribution in [3.63, 3.8) is 0 Å². The van der Waals surface area contributed by atoms with E-state index in [-0.39, 0.29) is 20.7 Å². The van der Waals surface area contributed by atoms with E-state index in [9.17, 15) is 13.2 Å². The van der Waals surface area contributed by atoms with Crippen LogP contribution in [0.2, 0.25) is 5.15 Å². The maximum absolute atomic E-state index is 12.2. The van der Waals surface area contributed by atoms with Crippen molar-refractivity contribution in [1.29, 1.82) is 0 Å². The minimum atomic E-state index is -4.06. The monoisotopic (exact) mass is 333 g/mol. The number of carboxylic acid groups (broad SMARTS) is 1. The van der Waals surface area contributed by atoms with Crippen molar-refractivity contribution in [3.8, 4) is 0 Å². The number of anilines is 1. The largest absolute Gasteiger partial charge is 0.477 e. The van der Waals surface area contributed by atoms with Gasteiger partial charge in [0.25, 0.3) is 10.0 Å². The number of aromatic carboxylic acids is 1. The van der Waals surface area contributed by atoms with Crippen LogP contribution in [0.1, 0.15) is 15.2 Å². The van der Waals surface area contributed by atoms with Gasteiger partial charge in [0.1, 0.15) is 9.77 Å². The molecule has 0 unspecified atom stereocenters. The highest BCUT2D eigenvalue weighted by Crippen LogP contribution is 2.28. The molecule has 2 rings (SSSR count). The van der Waals surface area contributed by atoms with E-state index >= 15 is 0 Å². The summed E-state index contributed by atoms with van der Waals surface area (Å²) in [7, 11) is -4.06. The van der Waals surface area contributed by atoms with Gasteiger partial charge in [0.2, 0.25) is 0 Å². The summed E-state index contributed by atoms with van der Waals surface area (Å²) in [5, 5.41) is 17.7. The maximum atomic E-state index is 12.2. The summed E-state index contributed by atoms with van der Waals surface area (Å²) in [5.74, 6) is -1.35. The predicted octanol–water partition coefficient (Wildman–Crippen LogP) is 2.00. The second kappa shape index (κ2) is 5.35. The standard InChI is InChI=1S/C10H8ClN3O4S2/c1-5-4-19-8(10(15)16)9(5)20(17,18)14-7-3-2-6(11)12-13-7/h2-4H,1H3,(H,13,14)(H,15,16). The molecular formula is C10H8ClN3O4S2. The fourth-order valence-corrected chi connectivity index (χ4v) is 4.20. The number of aryl methyl sites for hydroxylation is 1. The number of hydrogen-bond acceptors (Lipinski definition) is 6. The summed E-state index contributed by atoms with van der Waals surface area (Å²) in [6.07, 6.45) is 0. The normalized spacial score (nSPS) is 11.3. The Morgan fingerprint density at radius 1 is 1.40 bits per heavy atom.